The molecule has 0 amide bonds. The zero-order valence-corrected chi connectivity index (χ0v) is 12.3. The number of aromatic nitrogens is 1. The van der Waals surface area contributed by atoms with Gasteiger partial charge in [0.2, 0.25) is 0 Å². The lowest BCUT2D eigenvalue weighted by Crippen LogP contribution is -2.31. The SMILES string of the molecule is CCc1cccc2c(CO)c3c(nc12)CCN(CC)C3. The van der Waals surface area contributed by atoms with Gasteiger partial charge in [0.25, 0.3) is 0 Å². The fraction of sp³-hybridized carbons (Fsp3) is 0.471. The van der Waals surface area contributed by atoms with Crippen LogP contribution < -0.4 is 0 Å². The molecule has 0 saturated carbocycles. The number of fused-ring (bicyclic) bond motifs is 2. The fourth-order valence-electron chi connectivity index (χ4n) is 3.20. The Morgan fingerprint density at radius 1 is 1.30 bits per heavy atom. The number of pyridine rings is 1. The fourth-order valence-corrected chi connectivity index (χ4v) is 3.20. The van der Waals surface area contributed by atoms with Crippen molar-refractivity contribution < 1.29 is 5.11 Å². The number of para-hydroxylation sites is 1. The van der Waals surface area contributed by atoms with E-state index in [1.807, 2.05) is 0 Å². The van der Waals surface area contributed by atoms with E-state index in [4.69, 9.17) is 4.98 Å². The molecule has 0 spiro atoms. The Labute approximate surface area is 120 Å². The summed E-state index contributed by atoms with van der Waals surface area (Å²) in [6.07, 6.45) is 1.97. The molecule has 1 aliphatic rings. The smallest absolute Gasteiger partial charge is 0.0741 e. The molecule has 1 N–H and O–H groups in total. The number of nitrogens with zero attached hydrogens (tertiary/aromatic N) is 2. The molecular formula is C17H22N2O. The Morgan fingerprint density at radius 2 is 2.15 bits per heavy atom. The van der Waals surface area contributed by atoms with Crippen molar-refractivity contribution in [3.05, 3.63) is 40.6 Å². The molecular weight excluding hydrogens is 248 g/mol. The monoisotopic (exact) mass is 270 g/mol. The average molecular weight is 270 g/mol. The average Bonchev–Trinajstić information content (AvgIpc) is 2.51. The van der Waals surface area contributed by atoms with Crippen molar-refractivity contribution >= 4 is 10.9 Å². The van der Waals surface area contributed by atoms with E-state index in [1.54, 1.807) is 0 Å². The van der Waals surface area contributed by atoms with Crippen LogP contribution in [0.1, 0.15) is 36.2 Å². The molecule has 0 bridgehead atoms. The van der Waals surface area contributed by atoms with Crippen molar-refractivity contribution in [1.29, 1.82) is 0 Å². The summed E-state index contributed by atoms with van der Waals surface area (Å²) < 4.78 is 0. The van der Waals surface area contributed by atoms with Gasteiger partial charge in [-0.1, -0.05) is 32.0 Å². The molecule has 106 valence electrons. The van der Waals surface area contributed by atoms with E-state index in [-0.39, 0.29) is 6.61 Å². The molecule has 1 aromatic carbocycles. The van der Waals surface area contributed by atoms with Gasteiger partial charge in [0.05, 0.1) is 12.1 Å². The quantitative estimate of drug-likeness (QED) is 0.931. The highest BCUT2D eigenvalue weighted by atomic mass is 16.3. The molecule has 2 heterocycles. The second-order valence-electron chi connectivity index (χ2n) is 5.46. The van der Waals surface area contributed by atoms with E-state index < -0.39 is 0 Å². The molecule has 0 fully saturated rings. The number of hydrogen-bond acceptors (Lipinski definition) is 3. The maximum absolute atomic E-state index is 9.87. The van der Waals surface area contributed by atoms with E-state index in [9.17, 15) is 5.11 Å². The van der Waals surface area contributed by atoms with E-state index >= 15 is 0 Å². The van der Waals surface area contributed by atoms with Gasteiger partial charge in [-0.05, 0) is 29.7 Å². The minimum absolute atomic E-state index is 0.103. The summed E-state index contributed by atoms with van der Waals surface area (Å²) in [5.74, 6) is 0. The first-order valence-electron chi connectivity index (χ1n) is 7.53. The molecule has 0 radical (unpaired) electrons. The minimum Gasteiger partial charge on any atom is -0.392 e. The van der Waals surface area contributed by atoms with E-state index in [1.165, 1.54) is 16.8 Å². The Hall–Kier alpha value is -1.45. The van der Waals surface area contributed by atoms with Crippen molar-refractivity contribution in [2.45, 2.75) is 39.8 Å². The van der Waals surface area contributed by atoms with Crippen LogP contribution in [0.15, 0.2) is 18.2 Å². The number of hydrogen-bond donors (Lipinski definition) is 1. The molecule has 1 aromatic heterocycles. The Bertz CT molecular complexity index is 636. The topological polar surface area (TPSA) is 36.4 Å². The first-order valence-corrected chi connectivity index (χ1v) is 7.53. The molecule has 1 aliphatic heterocycles. The first kappa shape index (κ1) is 13.5. The zero-order valence-electron chi connectivity index (χ0n) is 12.3. The number of aryl methyl sites for hydroxylation is 1. The van der Waals surface area contributed by atoms with Gasteiger partial charge >= 0.3 is 0 Å². The van der Waals surface area contributed by atoms with Crippen LogP contribution in [-0.4, -0.2) is 28.1 Å². The van der Waals surface area contributed by atoms with Crippen LogP contribution in [0.2, 0.25) is 0 Å². The van der Waals surface area contributed by atoms with Crippen molar-refractivity contribution in [2.24, 2.45) is 0 Å². The van der Waals surface area contributed by atoms with Gasteiger partial charge in [0, 0.05) is 30.6 Å². The normalized spacial score (nSPS) is 15.6. The third kappa shape index (κ3) is 2.11. The Morgan fingerprint density at radius 3 is 2.85 bits per heavy atom. The number of aliphatic hydroxyl groups excluding tert-OH is 1. The number of likely N-dealkylation sites (N-methyl/N-ethyl adjacent to an activating group) is 1. The van der Waals surface area contributed by atoms with Gasteiger partial charge in [-0.25, -0.2) is 0 Å². The second kappa shape index (κ2) is 5.51. The Kier molecular flexibility index (Phi) is 3.72. The van der Waals surface area contributed by atoms with Crippen LogP contribution in [0.4, 0.5) is 0 Å². The Balaban J connectivity index is 2.25. The summed E-state index contributed by atoms with van der Waals surface area (Å²) in [5.41, 5.74) is 5.88. The zero-order chi connectivity index (χ0) is 14.1. The summed E-state index contributed by atoms with van der Waals surface area (Å²) in [7, 11) is 0. The first-order chi connectivity index (χ1) is 9.78. The molecule has 3 nitrogen and oxygen atoms in total. The van der Waals surface area contributed by atoms with Crippen molar-refractivity contribution in [3.63, 3.8) is 0 Å². The van der Waals surface area contributed by atoms with E-state index in [0.717, 1.165) is 48.9 Å². The summed E-state index contributed by atoms with van der Waals surface area (Å²) in [6, 6.07) is 6.32. The van der Waals surface area contributed by atoms with Gasteiger partial charge < -0.3 is 5.11 Å². The summed E-state index contributed by atoms with van der Waals surface area (Å²) >= 11 is 0. The lowest BCUT2D eigenvalue weighted by Gasteiger charge is -2.29. The number of aliphatic hydroxyl groups is 1. The maximum atomic E-state index is 9.87. The summed E-state index contributed by atoms with van der Waals surface area (Å²) in [6.45, 7) is 7.49. The minimum atomic E-state index is 0.103. The molecule has 3 rings (SSSR count). The second-order valence-corrected chi connectivity index (χ2v) is 5.46. The van der Waals surface area contributed by atoms with Crippen LogP contribution in [0.25, 0.3) is 10.9 Å². The van der Waals surface area contributed by atoms with Crippen LogP contribution in [0.3, 0.4) is 0 Å². The number of benzene rings is 1. The summed E-state index contributed by atoms with van der Waals surface area (Å²) in [4.78, 5) is 7.34. The lowest BCUT2D eigenvalue weighted by atomic mass is 9.94. The van der Waals surface area contributed by atoms with Crippen LogP contribution in [0.5, 0.6) is 0 Å². The predicted octanol–water partition coefficient (Wildman–Crippen LogP) is 2.67. The van der Waals surface area contributed by atoms with Gasteiger partial charge in [-0.15, -0.1) is 0 Å². The highest BCUT2D eigenvalue weighted by molar-refractivity contribution is 5.86. The van der Waals surface area contributed by atoms with Crippen molar-refractivity contribution in [1.82, 2.24) is 9.88 Å². The van der Waals surface area contributed by atoms with E-state index in [2.05, 4.69) is 36.9 Å². The molecule has 0 aliphatic carbocycles. The van der Waals surface area contributed by atoms with Gasteiger partial charge in [0.1, 0.15) is 0 Å². The lowest BCUT2D eigenvalue weighted by molar-refractivity contribution is 0.252. The molecule has 3 heteroatoms. The van der Waals surface area contributed by atoms with Gasteiger partial charge in [-0.3, -0.25) is 9.88 Å². The number of rotatable bonds is 3. The third-order valence-electron chi connectivity index (χ3n) is 4.44. The van der Waals surface area contributed by atoms with Crippen LogP contribution >= 0.6 is 0 Å². The third-order valence-corrected chi connectivity index (χ3v) is 4.44. The largest absolute Gasteiger partial charge is 0.392 e. The molecule has 20 heavy (non-hydrogen) atoms. The highest BCUT2D eigenvalue weighted by Crippen LogP contribution is 2.29. The van der Waals surface area contributed by atoms with Crippen LogP contribution in [0, 0.1) is 0 Å². The molecule has 2 aromatic rings. The maximum Gasteiger partial charge on any atom is 0.0741 e. The molecule has 0 saturated heterocycles. The van der Waals surface area contributed by atoms with Gasteiger partial charge in [-0.2, -0.15) is 0 Å². The predicted molar refractivity (Wildman–Crippen MR) is 81.7 cm³/mol. The van der Waals surface area contributed by atoms with E-state index in [0.29, 0.717) is 0 Å². The van der Waals surface area contributed by atoms with Crippen LogP contribution in [-0.2, 0) is 26.0 Å². The molecule has 0 unspecified atom stereocenters. The van der Waals surface area contributed by atoms with Gasteiger partial charge in [0.15, 0.2) is 0 Å². The molecule has 0 atom stereocenters. The highest BCUT2D eigenvalue weighted by Gasteiger charge is 2.21. The van der Waals surface area contributed by atoms with Crippen molar-refractivity contribution in [2.75, 3.05) is 13.1 Å². The standard InChI is InChI=1S/C17H22N2O/c1-3-12-6-5-7-13-15(11-20)14-10-19(4-2)9-8-16(14)18-17(12)13/h5-7,20H,3-4,8-11H2,1-2H3. The van der Waals surface area contributed by atoms with Crippen molar-refractivity contribution in [3.8, 4) is 0 Å². The summed E-state index contributed by atoms with van der Waals surface area (Å²) in [5, 5.41) is 11.0.